The van der Waals surface area contributed by atoms with Crippen LogP contribution in [0.15, 0.2) is 53.4 Å². The zero-order chi connectivity index (χ0) is 29.7. The van der Waals surface area contributed by atoms with Gasteiger partial charge in [-0.15, -0.1) is 0 Å². The summed E-state index contributed by atoms with van der Waals surface area (Å²) in [6.45, 7) is 8.37. The van der Waals surface area contributed by atoms with Gasteiger partial charge in [-0.25, -0.2) is 8.42 Å². The number of ether oxygens (including phenoxy) is 2. The average Bonchev–Trinajstić information content (AvgIpc) is 3.34. The molecule has 2 atom stereocenters. The van der Waals surface area contributed by atoms with Crippen molar-refractivity contribution in [2.24, 2.45) is 5.41 Å². The number of nitrogens with zero attached hydrogens (tertiary/aromatic N) is 3. The number of amides is 1. The molecule has 218 valence electrons. The molecule has 0 fully saturated rings. The van der Waals surface area contributed by atoms with E-state index in [0.29, 0.717) is 17.9 Å². The summed E-state index contributed by atoms with van der Waals surface area (Å²) < 4.78 is 39.9. The number of hydrogen-bond acceptors (Lipinski definition) is 8. The normalized spacial score (nSPS) is 14.9. The minimum Gasteiger partial charge on any atom is -0.530 e. The van der Waals surface area contributed by atoms with Crippen molar-refractivity contribution in [1.82, 2.24) is 9.21 Å². The van der Waals surface area contributed by atoms with E-state index in [0.717, 1.165) is 10.5 Å². The minimum atomic E-state index is -4.19. The fraction of sp³-hybridized carbons (Fsp3) is 0.517. The van der Waals surface area contributed by atoms with E-state index < -0.39 is 39.2 Å². The first kappa shape index (κ1) is 31.2. The predicted molar refractivity (Wildman–Crippen MR) is 147 cm³/mol. The minimum absolute atomic E-state index is 0.0125. The highest BCUT2D eigenvalue weighted by molar-refractivity contribution is 7.89. The van der Waals surface area contributed by atoms with Crippen molar-refractivity contribution in [3.8, 4) is 17.6 Å². The lowest BCUT2D eigenvalue weighted by Crippen LogP contribution is -2.62. The van der Waals surface area contributed by atoms with Gasteiger partial charge in [0.2, 0.25) is 16.8 Å². The maximum absolute atomic E-state index is 14.0. The van der Waals surface area contributed by atoms with Gasteiger partial charge in [-0.05, 0) is 56.7 Å². The van der Waals surface area contributed by atoms with Gasteiger partial charge >= 0.3 is 0 Å². The standard InChI is InChI=1S/C29H39N3O7S/c1-28(2,3)32(27(34)35)23(16-21-10-7-6-8-11-21)24(33)18-31(19-29(4,5)14-9-15-30)40(36,37)22-12-13-25-26(17-22)39-20-38-25/h6-8,10-13,17,23-24,33H,9,14,16,18-20H2,1-5H3,(H,34,35)/p-1/t23-,24+/m0/s1. The van der Waals surface area contributed by atoms with Crippen LogP contribution < -0.4 is 14.6 Å². The van der Waals surface area contributed by atoms with Crippen molar-refractivity contribution in [1.29, 1.82) is 5.26 Å². The second kappa shape index (κ2) is 12.5. The molecule has 0 spiro atoms. The first-order valence-electron chi connectivity index (χ1n) is 13.1. The van der Waals surface area contributed by atoms with Crippen LogP contribution in [0.5, 0.6) is 11.5 Å². The fourth-order valence-electron chi connectivity index (χ4n) is 4.88. The van der Waals surface area contributed by atoms with Gasteiger partial charge in [0, 0.05) is 31.1 Å². The molecule has 2 aromatic rings. The molecule has 2 aromatic carbocycles. The Morgan fingerprint density at radius 2 is 1.75 bits per heavy atom. The Morgan fingerprint density at radius 3 is 2.35 bits per heavy atom. The second-order valence-electron chi connectivity index (χ2n) is 11.8. The number of aliphatic hydroxyl groups is 1. The van der Waals surface area contributed by atoms with Gasteiger partial charge in [-0.3, -0.25) is 0 Å². The van der Waals surface area contributed by atoms with Gasteiger partial charge in [0.25, 0.3) is 0 Å². The lowest BCUT2D eigenvalue weighted by atomic mass is 9.87. The summed E-state index contributed by atoms with van der Waals surface area (Å²) in [6.07, 6.45) is -2.08. The number of nitriles is 1. The third-order valence-corrected chi connectivity index (χ3v) is 8.68. The van der Waals surface area contributed by atoms with Crippen LogP contribution in [-0.4, -0.2) is 66.4 Å². The van der Waals surface area contributed by atoms with E-state index in [1.165, 1.54) is 22.5 Å². The Labute approximate surface area is 236 Å². The van der Waals surface area contributed by atoms with Gasteiger partial charge in [0.15, 0.2) is 11.5 Å². The number of carbonyl (C=O) groups excluding carboxylic acids is 1. The number of fused-ring (bicyclic) bond motifs is 1. The number of benzene rings is 2. The first-order chi connectivity index (χ1) is 18.7. The zero-order valence-corrected chi connectivity index (χ0v) is 24.5. The molecule has 1 heterocycles. The number of rotatable bonds is 12. The number of hydrogen-bond donors (Lipinski definition) is 1. The Morgan fingerprint density at radius 1 is 1.10 bits per heavy atom. The SMILES string of the molecule is CC(C)(CCC#N)CN(C[C@@H](O)[C@H](Cc1ccccc1)N(C(=O)[O-])C(C)(C)C)S(=O)(=O)c1ccc2c(c1)OCO2. The van der Waals surface area contributed by atoms with Crippen molar-refractivity contribution in [2.45, 2.75) is 76.5 Å². The van der Waals surface area contributed by atoms with E-state index in [1.807, 2.05) is 44.2 Å². The maximum atomic E-state index is 14.0. The highest BCUT2D eigenvalue weighted by Gasteiger charge is 2.39. The average molecular weight is 573 g/mol. The highest BCUT2D eigenvalue weighted by atomic mass is 32.2. The van der Waals surface area contributed by atoms with Gasteiger partial charge in [0.05, 0.1) is 23.1 Å². The molecular formula is C29H38N3O7S-. The molecule has 0 saturated heterocycles. The third-order valence-electron chi connectivity index (χ3n) is 6.87. The summed E-state index contributed by atoms with van der Waals surface area (Å²) >= 11 is 0. The van der Waals surface area contributed by atoms with Crippen LogP contribution in [0.25, 0.3) is 0 Å². The van der Waals surface area contributed by atoms with Gasteiger partial charge in [-0.2, -0.15) is 9.57 Å². The molecule has 0 aromatic heterocycles. The second-order valence-corrected chi connectivity index (χ2v) is 13.7. The monoisotopic (exact) mass is 572 g/mol. The van der Waals surface area contributed by atoms with Crippen molar-refractivity contribution in [3.63, 3.8) is 0 Å². The molecule has 0 radical (unpaired) electrons. The van der Waals surface area contributed by atoms with Crippen LogP contribution in [0, 0.1) is 16.7 Å². The Bertz CT molecular complexity index is 1320. The van der Waals surface area contributed by atoms with Crippen LogP contribution in [0.4, 0.5) is 4.79 Å². The molecular weight excluding hydrogens is 534 g/mol. The quantitative estimate of drug-likeness (QED) is 0.409. The van der Waals surface area contributed by atoms with Crippen molar-refractivity contribution < 1.29 is 32.9 Å². The topological polar surface area (TPSA) is 143 Å². The molecule has 1 aliphatic rings. The summed E-state index contributed by atoms with van der Waals surface area (Å²) in [5.41, 5.74) is -0.778. The molecule has 3 rings (SSSR count). The Balaban J connectivity index is 2.03. The highest BCUT2D eigenvalue weighted by Crippen LogP contribution is 2.36. The molecule has 40 heavy (non-hydrogen) atoms. The van der Waals surface area contributed by atoms with E-state index in [9.17, 15) is 23.4 Å². The lowest BCUT2D eigenvalue weighted by molar-refractivity contribution is -0.275. The number of sulfonamides is 1. The van der Waals surface area contributed by atoms with Gasteiger partial charge < -0.3 is 29.4 Å². The van der Waals surface area contributed by atoms with Crippen molar-refractivity contribution >= 4 is 16.1 Å². The van der Waals surface area contributed by atoms with Crippen LogP contribution >= 0.6 is 0 Å². The van der Waals surface area contributed by atoms with E-state index in [1.54, 1.807) is 20.8 Å². The molecule has 11 heteroatoms. The van der Waals surface area contributed by atoms with E-state index in [-0.39, 0.29) is 37.6 Å². The van der Waals surface area contributed by atoms with Crippen LogP contribution in [0.2, 0.25) is 0 Å². The molecule has 1 aliphatic heterocycles. The molecule has 0 saturated carbocycles. The van der Waals surface area contributed by atoms with Crippen LogP contribution in [-0.2, 0) is 16.4 Å². The summed E-state index contributed by atoms with van der Waals surface area (Å²) in [7, 11) is -4.19. The van der Waals surface area contributed by atoms with Crippen molar-refractivity contribution in [3.05, 3.63) is 54.1 Å². The zero-order valence-electron chi connectivity index (χ0n) is 23.7. The molecule has 0 bridgehead atoms. The predicted octanol–water partition coefficient (Wildman–Crippen LogP) is 3.15. The molecule has 10 nitrogen and oxygen atoms in total. The largest absolute Gasteiger partial charge is 0.530 e. The summed E-state index contributed by atoms with van der Waals surface area (Å²) in [6, 6.07) is 14.5. The Kier molecular flexibility index (Phi) is 9.72. The number of aliphatic hydroxyl groups excluding tert-OH is 1. The maximum Gasteiger partial charge on any atom is 0.243 e. The smallest absolute Gasteiger partial charge is 0.243 e. The number of carbonyl (C=O) groups is 1. The van der Waals surface area contributed by atoms with E-state index >= 15 is 0 Å². The van der Waals surface area contributed by atoms with Gasteiger partial charge in [-0.1, -0.05) is 44.2 Å². The molecule has 0 aliphatic carbocycles. The molecule has 0 unspecified atom stereocenters. The fourth-order valence-corrected chi connectivity index (χ4v) is 6.54. The summed E-state index contributed by atoms with van der Waals surface area (Å²) in [4.78, 5) is 13.4. The summed E-state index contributed by atoms with van der Waals surface area (Å²) in [5.74, 6) is 0.723. The summed E-state index contributed by atoms with van der Waals surface area (Å²) in [5, 5.41) is 33.1. The van der Waals surface area contributed by atoms with Crippen molar-refractivity contribution in [2.75, 3.05) is 19.9 Å². The molecule has 1 amide bonds. The van der Waals surface area contributed by atoms with E-state index in [2.05, 4.69) is 6.07 Å². The third kappa shape index (κ3) is 7.65. The van der Waals surface area contributed by atoms with Crippen LogP contribution in [0.3, 0.4) is 0 Å². The van der Waals surface area contributed by atoms with E-state index in [4.69, 9.17) is 14.7 Å². The molecule has 1 N–H and O–H groups in total. The van der Waals surface area contributed by atoms with Crippen LogP contribution in [0.1, 0.15) is 53.0 Å². The lowest BCUT2D eigenvalue weighted by Gasteiger charge is -2.46. The van der Waals surface area contributed by atoms with Gasteiger partial charge in [0.1, 0.15) is 6.09 Å². The first-order valence-corrected chi connectivity index (χ1v) is 14.6. The number of carboxylic acid groups (broad SMARTS) is 1. The Hall–Kier alpha value is -3.33.